The molecule has 1 fully saturated rings. The molecule has 2 aromatic rings. The molecule has 1 aromatic heterocycles. The molecule has 0 saturated carbocycles. The van der Waals surface area contributed by atoms with Gasteiger partial charge in [0.2, 0.25) is 10.0 Å². The van der Waals surface area contributed by atoms with Crippen LogP contribution >= 0.6 is 0 Å². The number of aromatic nitrogens is 2. The quantitative estimate of drug-likeness (QED) is 0.675. The topological polar surface area (TPSA) is 97.0 Å². The minimum Gasteiger partial charge on any atom is -0.390 e. The molecule has 1 saturated heterocycles. The van der Waals surface area contributed by atoms with Crippen LogP contribution in [0.4, 0.5) is 0 Å². The zero-order chi connectivity index (χ0) is 22.2. The molecule has 168 valence electrons. The van der Waals surface area contributed by atoms with Gasteiger partial charge < -0.3 is 9.84 Å². The Balaban J connectivity index is 1.94. The first-order valence-electron chi connectivity index (χ1n) is 10.3. The van der Waals surface area contributed by atoms with Gasteiger partial charge in [0.1, 0.15) is 0 Å². The van der Waals surface area contributed by atoms with Crippen LogP contribution in [0.3, 0.4) is 0 Å². The van der Waals surface area contributed by atoms with Gasteiger partial charge in [0.25, 0.3) is 0 Å². The van der Waals surface area contributed by atoms with Crippen molar-refractivity contribution < 1.29 is 18.3 Å². The Morgan fingerprint density at radius 2 is 1.77 bits per heavy atom. The maximum absolute atomic E-state index is 13.0. The van der Waals surface area contributed by atoms with Crippen LogP contribution < -0.4 is 5.69 Å². The van der Waals surface area contributed by atoms with Crippen LogP contribution in [0.5, 0.6) is 0 Å². The number of hydrogen-bond donors (Lipinski definition) is 1. The van der Waals surface area contributed by atoms with Crippen LogP contribution in [0.15, 0.2) is 27.9 Å². The normalized spacial score (nSPS) is 22.1. The fraction of sp³-hybridized carbons (Fsp3) is 0.650. The average Bonchev–Trinajstić information content (AvgIpc) is 2.91. The molecule has 0 radical (unpaired) electrons. The van der Waals surface area contributed by atoms with Crippen molar-refractivity contribution in [3.05, 3.63) is 28.7 Å². The first kappa shape index (κ1) is 23.0. The smallest absolute Gasteiger partial charge is 0.329 e. The molecule has 1 aliphatic heterocycles. The molecule has 0 spiro atoms. The number of imidazole rings is 1. The van der Waals surface area contributed by atoms with Crippen molar-refractivity contribution in [3.63, 3.8) is 0 Å². The molecule has 3 rings (SSSR count). The number of fused-ring (bicyclic) bond motifs is 1. The number of nitrogens with zero attached hydrogens (tertiary/aromatic N) is 4. The molecule has 9 nitrogen and oxygen atoms in total. The monoisotopic (exact) mass is 440 g/mol. The molecule has 0 amide bonds. The van der Waals surface area contributed by atoms with E-state index in [1.165, 1.54) is 30.8 Å². The molecule has 1 aromatic carbocycles. The Labute approximate surface area is 177 Å². The maximum Gasteiger partial charge on any atom is 0.329 e. The number of ether oxygens (including phenoxy) is 1. The number of rotatable bonds is 7. The van der Waals surface area contributed by atoms with E-state index in [9.17, 15) is 18.3 Å². The summed E-state index contributed by atoms with van der Waals surface area (Å²) in [5, 5.41) is 10.7. The zero-order valence-corrected chi connectivity index (χ0v) is 19.1. The molecule has 0 aliphatic carbocycles. The van der Waals surface area contributed by atoms with Crippen molar-refractivity contribution in [3.8, 4) is 0 Å². The SMILES string of the molecule is CCn1c(=O)n(CC(O)CN2CC(C)OC(C)C2)c2cc(S(=O)(=O)N(C)C)ccc21. The molecule has 2 heterocycles. The Bertz CT molecular complexity index is 1050. The Hall–Kier alpha value is -1.72. The molecule has 1 aliphatic rings. The fourth-order valence-corrected chi connectivity index (χ4v) is 5.07. The summed E-state index contributed by atoms with van der Waals surface area (Å²) >= 11 is 0. The van der Waals surface area contributed by atoms with Gasteiger partial charge in [-0.05, 0) is 39.0 Å². The third-order valence-electron chi connectivity index (χ3n) is 5.44. The number of β-amino-alcohol motifs (C(OH)–C–C–N with tert-alkyl or cyclic N) is 1. The van der Waals surface area contributed by atoms with Crippen LogP contribution in [0.25, 0.3) is 11.0 Å². The van der Waals surface area contributed by atoms with Gasteiger partial charge in [0.15, 0.2) is 0 Å². The molecule has 3 atom stereocenters. The second kappa shape index (κ2) is 8.80. The van der Waals surface area contributed by atoms with Crippen LogP contribution in [0.2, 0.25) is 0 Å². The predicted octanol–water partition coefficient (Wildman–Crippen LogP) is 0.543. The van der Waals surface area contributed by atoms with Crippen molar-refractivity contribution in [2.45, 2.75) is 57.1 Å². The predicted molar refractivity (Wildman–Crippen MR) is 115 cm³/mol. The second-order valence-electron chi connectivity index (χ2n) is 8.21. The van der Waals surface area contributed by atoms with Gasteiger partial charge >= 0.3 is 5.69 Å². The highest BCUT2D eigenvalue weighted by Crippen LogP contribution is 2.21. The summed E-state index contributed by atoms with van der Waals surface area (Å²) in [6, 6.07) is 4.69. The summed E-state index contributed by atoms with van der Waals surface area (Å²) < 4.78 is 35.1. The lowest BCUT2D eigenvalue weighted by atomic mass is 10.2. The lowest BCUT2D eigenvalue weighted by Gasteiger charge is -2.36. The maximum atomic E-state index is 13.0. The number of sulfonamides is 1. The van der Waals surface area contributed by atoms with Crippen LogP contribution in [0, 0.1) is 0 Å². The summed E-state index contributed by atoms with van der Waals surface area (Å²) in [7, 11) is -0.695. The third kappa shape index (κ3) is 4.47. The van der Waals surface area contributed by atoms with Crippen molar-refractivity contribution in [1.29, 1.82) is 0 Å². The number of aliphatic hydroxyl groups is 1. The van der Waals surface area contributed by atoms with E-state index in [1.807, 2.05) is 20.8 Å². The molecule has 30 heavy (non-hydrogen) atoms. The largest absolute Gasteiger partial charge is 0.390 e. The van der Waals surface area contributed by atoms with Crippen molar-refractivity contribution >= 4 is 21.1 Å². The Kier molecular flexibility index (Phi) is 6.73. The number of aryl methyl sites for hydroxylation is 1. The van der Waals surface area contributed by atoms with E-state index in [1.54, 1.807) is 10.6 Å². The lowest BCUT2D eigenvalue weighted by Crippen LogP contribution is -2.48. The van der Waals surface area contributed by atoms with Gasteiger partial charge in [-0.15, -0.1) is 0 Å². The molecular formula is C20H32N4O5S. The first-order valence-corrected chi connectivity index (χ1v) is 11.7. The van der Waals surface area contributed by atoms with Gasteiger partial charge in [0.05, 0.1) is 40.8 Å². The summed E-state index contributed by atoms with van der Waals surface area (Å²) in [6.45, 7) is 8.27. The van der Waals surface area contributed by atoms with Gasteiger partial charge in [-0.3, -0.25) is 14.0 Å². The van der Waals surface area contributed by atoms with E-state index in [0.717, 1.165) is 17.4 Å². The van der Waals surface area contributed by atoms with E-state index in [4.69, 9.17) is 4.74 Å². The Morgan fingerprint density at radius 3 is 2.33 bits per heavy atom. The highest BCUT2D eigenvalue weighted by atomic mass is 32.2. The number of aliphatic hydroxyl groups excluding tert-OH is 1. The summed E-state index contributed by atoms with van der Waals surface area (Å²) in [6.07, 6.45) is -0.598. The van der Waals surface area contributed by atoms with Crippen molar-refractivity contribution in [1.82, 2.24) is 18.3 Å². The average molecular weight is 441 g/mol. The number of hydrogen-bond acceptors (Lipinski definition) is 6. The molecular weight excluding hydrogens is 408 g/mol. The lowest BCUT2D eigenvalue weighted by molar-refractivity contribution is -0.0772. The summed E-state index contributed by atoms with van der Waals surface area (Å²) in [4.78, 5) is 15.2. The van der Waals surface area contributed by atoms with E-state index >= 15 is 0 Å². The third-order valence-corrected chi connectivity index (χ3v) is 7.25. The second-order valence-corrected chi connectivity index (χ2v) is 10.4. The van der Waals surface area contributed by atoms with E-state index in [-0.39, 0.29) is 29.3 Å². The molecule has 1 N–H and O–H groups in total. The highest BCUT2D eigenvalue weighted by Gasteiger charge is 2.25. The van der Waals surface area contributed by atoms with Gasteiger partial charge in [-0.1, -0.05) is 0 Å². The molecule has 10 heteroatoms. The van der Waals surface area contributed by atoms with Crippen LogP contribution in [-0.2, 0) is 27.8 Å². The van der Waals surface area contributed by atoms with Crippen LogP contribution in [0.1, 0.15) is 20.8 Å². The highest BCUT2D eigenvalue weighted by molar-refractivity contribution is 7.89. The van der Waals surface area contributed by atoms with Gasteiger partial charge in [-0.2, -0.15) is 0 Å². The van der Waals surface area contributed by atoms with Crippen molar-refractivity contribution in [2.75, 3.05) is 33.7 Å². The van der Waals surface area contributed by atoms with Crippen LogP contribution in [-0.4, -0.2) is 83.9 Å². The zero-order valence-electron chi connectivity index (χ0n) is 18.3. The Morgan fingerprint density at radius 1 is 1.13 bits per heavy atom. The molecule has 3 unspecified atom stereocenters. The minimum absolute atomic E-state index is 0.0875. The number of morpholine rings is 1. The summed E-state index contributed by atoms with van der Waals surface area (Å²) in [5.74, 6) is 0. The van der Waals surface area contributed by atoms with Crippen molar-refractivity contribution in [2.24, 2.45) is 0 Å². The first-order chi connectivity index (χ1) is 14.0. The summed E-state index contributed by atoms with van der Waals surface area (Å²) in [5.41, 5.74) is 0.906. The van der Waals surface area contributed by atoms with E-state index in [2.05, 4.69) is 4.90 Å². The standard InChI is InChI=1S/C20H32N4O5S/c1-6-23-18-8-7-17(30(27,28)21(4)5)9-19(18)24(20(23)26)13-16(25)12-22-10-14(2)29-15(3)11-22/h7-9,14-16,25H,6,10-13H2,1-5H3. The van der Waals surface area contributed by atoms with E-state index in [0.29, 0.717) is 24.1 Å². The fourth-order valence-electron chi connectivity index (χ4n) is 4.15. The number of benzene rings is 1. The van der Waals surface area contributed by atoms with E-state index < -0.39 is 16.1 Å². The minimum atomic E-state index is -3.63. The van der Waals surface area contributed by atoms with Gasteiger partial charge in [0, 0.05) is 40.3 Å². The van der Waals surface area contributed by atoms with Gasteiger partial charge in [-0.25, -0.2) is 17.5 Å². The molecule has 0 bridgehead atoms.